The van der Waals surface area contributed by atoms with Crippen LogP contribution in [0.25, 0.3) is 11.3 Å². The van der Waals surface area contributed by atoms with Crippen LogP contribution >= 0.6 is 0 Å². The maximum atomic E-state index is 5.44. The van der Waals surface area contributed by atoms with Crippen molar-refractivity contribution in [3.8, 4) is 11.3 Å². The van der Waals surface area contributed by atoms with Gasteiger partial charge in [-0.1, -0.05) is 0 Å². The molecule has 1 saturated heterocycles. The molecule has 17 heavy (non-hydrogen) atoms. The van der Waals surface area contributed by atoms with Gasteiger partial charge in [-0.15, -0.1) is 0 Å². The van der Waals surface area contributed by atoms with Gasteiger partial charge in [0.1, 0.15) is 12.0 Å². The maximum Gasteiger partial charge on any atom is 0.181 e. The van der Waals surface area contributed by atoms with Crippen LogP contribution < -0.4 is 5.32 Å². The average molecular weight is 233 g/mol. The van der Waals surface area contributed by atoms with Gasteiger partial charge in [0.2, 0.25) is 0 Å². The molecular formula is C12H15N3O2. The fraction of sp³-hybridized carbons (Fsp3) is 0.417. The van der Waals surface area contributed by atoms with E-state index in [1.165, 1.54) is 6.39 Å². The second-order valence-corrected chi connectivity index (χ2v) is 4.17. The summed E-state index contributed by atoms with van der Waals surface area (Å²) in [4.78, 5) is 6.67. The predicted octanol–water partition coefficient (Wildman–Crippen LogP) is 1.34. The summed E-state index contributed by atoms with van der Waals surface area (Å²) < 4.78 is 10.5. The van der Waals surface area contributed by atoms with Gasteiger partial charge in [0.05, 0.1) is 11.8 Å². The molecule has 0 unspecified atom stereocenters. The van der Waals surface area contributed by atoms with Crippen LogP contribution in [0.5, 0.6) is 0 Å². The van der Waals surface area contributed by atoms with Gasteiger partial charge in [-0.3, -0.25) is 4.90 Å². The topological polar surface area (TPSA) is 54.4 Å². The highest BCUT2D eigenvalue weighted by atomic mass is 16.3. The number of oxazole rings is 1. The van der Waals surface area contributed by atoms with Gasteiger partial charge in [-0.2, -0.15) is 0 Å². The summed E-state index contributed by atoms with van der Waals surface area (Å²) in [7, 11) is 0. The van der Waals surface area contributed by atoms with Crippen molar-refractivity contribution in [2.45, 2.75) is 6.54 Å². The summed E-state index contributed by atoms with van der Waals surface area (Å²) in [6.45, 7) is 5.02. The van der Waals surface area contributed by atoms with E-state index in [0.717, 1.165) is 49.7 Å². The number of hydrogen-bond acceptors (Lipinski definition) is 5. The number of nitrogens with zero attached hydrogens (tertiary/aromatic N) is 2. The Bertz CT molecular complexity index is 458. The van der Waals surface area contributed by atoms with E-state index in [1.807, 2.05) is 6.07 Å². The van der Waals surface area contributed by atoms with Crippen LogP contribution in [0.3, 0.4) is 0 Å². The van der Waals surface area contributed by atoms with Crippen molar-refractivity contribution in [3.05, 3.63) is 30.7 Å². The van der Waals surface area contributed by atoms with E-state index < -0.39 is 0 Å². The molecule has 1 aliphatic heterocycles. The fourth-order valence-electron chi connectivity index (χ4n) is 2.09. The molecule has 1 fully saturated rings. The maximum absolute atomic E-state index is 5.44. The summed E-state index contributed by atoms with van der Waals surface area (Å²) in [6.07, 6.45) is 4.83. The molecular weight excluding hydrogens is 218 g/mol. The number of nitrogens with one attached hydrogen (secondary N) is 1. The molecule has 2 aromatic rings. The monoisotopic (exact) mass is 233 g/mol. The molecule has 3 rings (SSSR count). The van der Waals surface area contributed by atoms with Crippen LogP contribution in [0.4, 0.5) is 0 Å². The first-order chi connectivity index (χ1) is 8.43. The van der Waals surface area contributed by atoms with Crippen LogP contribution in [0.2, 0.25) is 0 Å². The van der Waals surface area contributed by atoms with Crippen molar-refractivity contribution in [3.63, 3.8) is 0 Å². The standard InChI is InChI=1S/C12H15N3O2/c1-6-16-8-10(1)12-11(14-9-17-12)7-15-4-2-13-3-5-15/h1,6,8-9,13H,2-5,7H2. The lowest BCUT2D eigenvalue weighted by atomic mass is 10.2. The minimum Gasteiger partial charge on any atom is -0.472 e. The molecule has 5 nitrogen and oxygen atoms in total. The van der Waals surface area contributed by atoms with E-state index >= 15 is 0 Å². The van der Waals surface area contributed by atoms with E-state index in [4.69, 9.17) is 8.83 Å². The Labute approximate surface area is 99.4 Å². The lowest BCUT2D eigenvalue weighted by Crippen LogP contribution is -2.43. The molecule has 0 saturated carbocycles. The highest BCUT2D eigenvalue weighted by Crippen LogP contribution is 2.24. The molecule has 0 aliphatic carbocycles. The van der Waals surface area contributed by atoms with E-state index in [0.29, 0.717) is 0 Å². The minimum absolute atomic E-state index is 0.817. The van der Waals surface area contributed by atoms with Crippen molar-refractivity contribution in [1.82, 2.24) is 15.2 Å². The molecule has 3 heterocycles. The first-order valence-corrected chi connectivity index (χ1v) is 5.81. The van der Waals surface area contributed by atoms with E-state index in [2.05, 4.69) is 15.2 Å². The Kier molecular flexibility index (Phi) is 2.94. The number of rotatable bonds is 3. The van der Waals surface area contributed by atoms with Crippen molar-refractivity contribution in [2.24, 2.45) is 0 Å². The summed E-state index contributed by atoms with van der Waals surface area (Å²) in [5.74, 6) is 0.817. The Hall–Kier alpha value is -1.59. The third-order valence-corrected chi connectivity index (χ3v) is 3.01. The van der Waals surface area contributed by atoms with Gasteiger partial charge in [0.15, 0.2) is 12.2 Å². The molecule has 0 atom stereocenters. The van der Waals surface area contributed by atoms with Crippen molar-refractivity contribution in [2.75, 3.05) is 26.2 Å². The predicted molar refractivity (Wildman–Crippen MR) is 62.4 cm³/mol. The van der Waals surface area contributed by atoms with Crippen molar-refractivity contribution >= 4 is 0 Å². The quantitative estimate of drug-likeness (QED) is 0.867. The lowest BCUT2D eigenvalue weighted by Gasteiger charge is -2.26. The van der Waals surface area contributed by atoms with E-state index in [9.17, 15) is 0 Å². The highest BCUT2D eigenvalue weighted by molar-refractivity contribution is 5.57. The minimum atomic E-state index is 0.817. The fourth-order valence-corrected chi connectivity index (χ4v) is 2.09. The third-order valence-electron chi connectivity index (χ3n) is 3.01. The Balaban J connectivity index is 1.77. The van der Waals surface area contributed by atoms with Crippen LogP contribution in [-0.4, -0.2) is 36.1 Å². The van der Waals surface area contributed by atoms with Gasteiger partial charge >= 0.3 is 0 Å². The van der Waals surface area contributed by atoms with Gasteiger partial charge in [0.25, 0.3) is 0 Å². The van der Waals surface area contributed by atoms with Gasteiger partial charge in [0, 0.05) is 32.7 Å². The lowest BCUT2D eigenvalue weighted by molar-refractivity contribution is 0.231. The van der Waals surface area contributed by atoms with Crippen molar-refractivity contribution in [1.29, 1.82) is 0 Å². The van der Waals surface area contributed by atoms with Crippen molar-refractivity contribution < 1.29 is 8.83 Å². The zero-order chi connectivity index (χ0) is 11.5. The SMILES string of the molecule is c1cc(-c2ocnc2CN2CCNCC2)co1. The zero-order valence-corrected chi connectivity index (χ0v) is 9.56. The smallest absolute Gasteiger partial charge is 0.181 e. The molecule has 5 heteroatoms. The summed E-state index contributed by atoms with van der Waals surface area (Å²) in [5.41, 5.74) is 1.93. The Morgan fingerprint density at radius 2 is 2.24 bits per heavy atom. The molecule has 1 aliphatic rings. The normalized spacial score (nSPS) is 17.4. The largest absolute Gasteiger partial charge is 0.472 e. The second kappa shape index (κ2) is 4.73. The van der Waals surface area contributed by atoms with E-state index in [1.54, 1.807) is 12.5 Å². The molecule has 2 aromatic heterocycles. The van der Waals surface area contributed by atoms with Gasteiger partial charge in [-0.25, -0.2) is 4.98 Å². The zero-order valence-electron chi connectivity index (χ0n) is 9.56. The van der Waals surface area contributed by atoms with Crippen LogP contribution in [0.15, 0.2) is 33.8 Å². The first kappa shape index (κ1) is 10.6. The van der Waals surface area contributed by atoms with Gasteiger partial charge in [-0.05, 0) is 6.07 Å². The van der Waals surface area contributed by atoms with Crippen LogP contribution in [-0.2, 0) is 6.54 Å². The van der Waals surface area contributed by atoms with E-state index in [-0.39, 0.29) is 0 Å². The highest BCUT2D eigenvalue weighted by Gasteiger charge is 2.16. The van der Waals surface area contributed by atoms with Crippen LogP contribution in [0.1, 0.15) is 5.69 Å². The molecule has 0 radical (unpaired) electrons. The number of furan rings is 1. The Morgan fingerprint density at radius 3 is 3.00 bits per heavy atom. The summed E-state index contributed by atoms with van der Waals surface area (Å²) in [5, 5.41) is 3.34. The third kappa shape index (κ3) is 2.25. The second-order valence-electron chi connectivity index (χ2n) is 4.17. The van der Waals surface area contributed by atoms with Gasteiger partial charge < -0.3 is 14.2 Å². The molecule has 0 bridgehead atoms. The molecule has 0 aromatic carbocycles. The number of hydrogen-bond donors (Lipinski definition) is 1. The van der Waals surface area contributed by atoms with Crippen LogP contribution in [0, 0.1) is 0 Å². The molecule has 90 valence electrons. The number of aromatic nitrogens is 1. The average Bonchev–Trinajstić information content (AvgIpc) is 3.00. The molecule has 0 spiro atoms. The Morgan fingerprint density at radius 1 is 1.35 bits per heavy atom. The number of piperazine rings is 1. The summed E-state index contributed by atoms with van der Waals surface area (Å²) in [6, 6.07) is 1.89. The summed E-state index contributed by atoms with van der Waals surface area (Å²) >= 11 is 0. The molecule has 0 amide bonds. The first-order valence-electron chi connectivity index (χ1n) is 5.81. The molecule has 1 N–H and O–H groups in total.